The number of hydrazine groups is 1. The van der Waals surface area contributed by atoms with Crippen LogP contribution >= 0.6 is 0 Å². The maximum absolute atomic E-state index is 11.4. The van der Waals surface area contributed by atoms with Gasteiger partial charge in [0.15, 0.2) is 6.61 Å². The topological polar surface area (TPSA) is 88.1 Å². The van der Waals surface area contributed by atoms with Gasteiger partial charge in [0.05, 0.1) is 0 Å². The molecule has 0 saturated carbocycles. The molecule has 1 atom stereocenters. The molecule has 3 N–H and O–H groups in total. The number of benzene rings is 1. The van der Waals surface area contributed by atoms with Crippen molar-refractivity contribution in [2.45, 2.75) is 12.5 Å². The number of nitriles is 1. The third-order valence-electron chi connectivity index (χ3n) is 2.05. The van der Waals surface area contributed by atoms with Crippen LogP contribution in [0.4, 0.5) is 0 Å². The van der Waals surface area contributed by atoms with E-state index in [4.69, 9.17) is 11.1 Å². The van der Waals surface area contributed by atoms with Gasteiger partial charge < -0.3 is 4.74 Å². The Balaban J connectivity index is 2.56. The fourth-order valence-electron chi connectivity index (χ4n) is 1.26. The number of nitrogens with zero attached hydrogens (tertiary/aromatic N) is 1. The van der Waals surface area contributed by atoms with Gasteiger partial charge in [-0.2, -0.15) is 5.26 Å². The van der Waals surface area contributed by atoms with E-state index >= 15 is 0 Å². The minimum absolute atomic E-state index is 0.258. The molecular formula is C11H13N3O2. The molecule has 0 aliphatic carbocycles. The van der Waals surface area contributed by atoms with Crippen molar-refractivity contribution in [2.24, 2.45) is 5.84 Å². The average molecular weight is 219 g/mol. The van der Waals surface area contributed by atoms with Crippen LogP contribution < -0.4 is 11.3 Å². The molecule has 5 heteroatoms. The van der Waals surface area contributed by atoms with E-state index in [9.17, 15) is 4.79 Å². The summed E-state index contributed by atoms with van der Waals surface area (Å²) in [6, 6.07) is 10.5. The summed E-state index contributed by atoms with van der Waals surface area (Å²) in [4.78, 5) is 11.4. The summed E-state index contributed by atoms with van der Waals surface area (Å²) < 4.78 is 4.67. The Morgan fingerprint density at radius 3 is 2.75 bits per heavy atom. The van der Waals surface area contributed by atoms with Crippen molar-refractivity contribution in [1.82, 2.24) is 5.43 Å². The number of ether oxygens (including phenoxy) is 1. The monoisotopic (exact) mass is 219 g/mol. The molecule has 0 aliphatic rings. The van der Waals surface area contributed by atoms with Gasteiger partial charge >= 0.3 is 5.97 Å². The van der Waals surface area contributed by atoms with Gasteiger partial charge in [0.25, 0.3) is 0 Å². The van der Waals surface area contributed by atoms with E-state index in [-0.39, 0.29) is 6.61 Å². The van der Waals surface area contributed by atoms with Gasteiger partial charge in [-0.3, -0.25) is 10.6 Å². The molecule has 0 amide bonds. The normalized spacial score (nSPS) is 11.5. The Hall–Kier alpha value is -1.90. The van der Waals surface area contributed by atoms with Crippen LogP contribution in [-0.4, -0.2) is 18.6 Å². The fraction of sp³-hybridized carbons (Fsp3) is 0.273. The smallest absolute Gasteiger partial charge is 0.325 e. The van der Waals surface area contributed by atoms with Gasteiger partial charge in [0.2, 0.25) is 0 Å². The largest absolute Gasteiger partial charge is 0.449 e. The zero-order valence-corrected chi connectivity index (χ0v) is 8.72. The lowest BCUT2D eigenvalue weighted by molar-refractivity contribution is -0.144. The van der Waals surface area contributed by atoms with Crippen LogP contribution in [0.2, 0.25) is 0 Å². The average Bonchev–Trinajstić information content (AvgIpc) is 2.34. The van der Waals surface area contributed by atoms with E-state index in [0.717, 1.165) is 5.56 Å². The molecular weight excluding hydrogens is 206 g/mol. The minimum Gasteiger partial charge on any atom is -0.449 e. The zero-order chi connectivity index (χ0) is 11.8. The van der Waals surface area contributed by atoms with Crippen LogP contribution in [0.15, 0.2) is 30.3 Å². The van der Waals surface area contributed by atoms with Crippen molar-refractivity contribution in [1.29, 1.82) is 5.26 Å². The summed E-state index contributed by atoms with van der Waals surface area (Å²) in [5, 5.41) is 8.28. The number of nitrogens with two attached hydrogens (primary N) is 1. The van der Waals surface area contributed by atoms with E-state index in [1.165, 1.54) is 0 Å². The third-order valence-corrected chi connectivity index (χ3v) is 2.05. The first-order valence-corrected chi connectivity index (χ1v) is 4.81. The molecule has 0 heterocycles. The first-order valence-electron chi connectivity index (χ1n) is 4.81. The van der Waals surface area contributed by atoms with Crippen molar-refractivity contribution in [2.75, 3.05) is 6.61 Å². The SMILES string of the molecule is N#CCOC(=O)C(Cc1ccccc1)NN. The Morgan fingerprint density at radius 1 is 1.50 bits per heavy atom. The number of hydrogen-bond donors (Lipinski definition) is 2. The Bertz CT molecular complexity index is 373. The summed E-state index contributed by atoms with van der Waals surface area (Å²) >= 11 is 0. The van der Waals surface area contributed by atoms with Crippen LogP contribution in [0, 0.1) is 11.3 Å². The van der Waals surface area contributed by atoms with E-state index < -0.39 is 12.0 Å². The lowest BCUT2D eigenvalue weighted by atomic mass is 10.1. The van der Waals surface area contributed by atoms with Crippen molar-refractivity contribution in [3.8, 4) is 6.07 Å². The van der Waals surface area contributed by atoms with Gasteiger partial charge in [-0.1, -0.05) is 30.3 Å². The fourth-order valence-corrected chi connectivity index (χ4v) is 1.26. The van der Waals surface area contributed by atoms with E-state index in [1.54, 1.807) is 6.07 Å². The highest BCUT2D eigenvalue weighted by atomic mass is 16.5. The highest BCUT2D eigenvalue weighted by Gasteiger charge is 2.18. The second kappa shape index (κ2) is 6.56. The number of carbonyl (C=O) groups excluding carboxylic acids is 1. The van der Waals surface area contributed by atoms with Crippen LogP contribution in [0.3, 0.4) is 0 Å². The highest BCUT2D eigenvalue weighted by molar-refractivity contribution is 5.76. The van der Waals surface area contributed by atoms with Gasteiger partial charge in [0.1, 0.15) is 12.1 Å². The number of hydrogen-bond acceptors (Lipinski definition) is 5. The summed E-state index contributed by atoms with van der Waals surface area (Å²) in [5.41, 5.74) is 3.35. The second-order valence-electron chi connectivity index (χ2n) is 3.17. The first kappa shape index (κ1) is 12.2. The lowest BCUT2D eigenvalue weighted by Gasteiger charge is -2.13. The van der Waals surface area contributed by atoms with Crippen LogP contribution in [-0.2, 0) is 16.0 Å². The van der Waals surface area contributed by atoms with Crippen LogP contribution in [0.1, 0.15) is 5.56 Å². The third kappa shape index (κ3) is 3.69. The zero-order valence-electron chi connectivity index (χ0n) is 8.72. The van der Waals surface area contributed by atoms with E-state index in [0.29, 0.717) is 6.42 Å². The standard InChI is InChI=1S/C11H13N3O2/c12-6-7-16-11(15)10(14-13)8-9-4-2-1-3-5-9/h1-5,10,14H,7-8,13H2. The van der Waals surface area contributed by atoms with Gasteiger partial charge in [-0.15, -0.1) is 0 Å². The number of nitrogens with one attached hydrogen (secondary N) is 1. The molecule has 0 aromatic heterocycles. The van der Waals surface area contributed by atoms with E-state index in [1.807, 2.05) is 30.3 Å². The second-order valence-corrected chi connectivity index (χ2v) is 3.17. The van der Waals surface area contributed by atoms with Gasteiger partial charge in [0, 0.05) is 0 Å². The number of carbonyl (C=O) groups is 1. The molecule has 0 aliphatic heterocycles. The molecule has 0 radical (unpaired) electrons. The molecule has 0 fully saturated rings. The molecule has 1 unspecified atom stereocenters. The van der Waals surface area contributed by atoms with Gasteiger partial charge in [-0.25, -0.2) is 5.43 Å². The van der Waals surface area contributed by atoms with Crippen LogP contribution in [0.5, 0.6) is 0 Å². The Kier molecular flexibility index (Phi) is 4.99. The van der Waals surface area contributed by atoms with Crippen molar-refractivity contribution < 1.29 is 9.53 Å². The molecule has 5 nitrogen and oxygen atoms in total. The Labute approximate surface area is 93.8 Å². The summed E-state index contributed by atoms with van der Waals surface area (Å²) in [7, 11) is 0. The maximum atomic E-state index is 11.4. The molecule has 16 heavy (non-hydrogen) atoms. The molecule has 84 valence electrons. The van der Waals surface area contributed by atoms with Crippen molar-refractivity contribution >= 4 is 5.97 Å². The van der Waals surface area contributed by atoms with Crippen molar-refractivity contribution in [3.63, 3.8) is 0 Å². The van der Waals surface area contributed by atoms with Crippen LogP contribution in [0.25, 0.3) is 0 Å². The minimum atomic E-state index is -0.629. The number of esters is 1. The molecule has 0 spiro atoms. The summed E-state index contributed by atoms with van der Waals surface area (Å²) in [6.07, 6.45) is 0.432. The predicted octanol–water partition coefficient (Wildman–Crippen LogP) is 0.128. The maximum Gasteiger partial charge on any atom is 0.325 e. The van der Waals surface area contributed by atoms with Crippen molar-refractivity contribution in [3.05, 3.63) is 35.9 Å². The number of rotatable bonds is 5. The predicted molar refractivity (Wildman–Crippen MR) is 57.8 cm³/mol. The highest BCUT2D eigenvalue weighted by Crippen LogP contribution is 2.03. The lowest BCUT2D eigenvalue weighted by Crippen LogP contribution is -2.44. The quantitative estimate of drug-likeness (QED) is 0.417. The molecule has 1 aromatic rings. The first-order chi connectivity index (χ1) is 7.77. The summed E-state index contributed by atoms with van der Waals surface area (Å²) in [6.45, 7) is -0.258. The summed E-state index contributed by atoms with van der Waals surface area (Å²) in [5.74, 6) is 4.74. The molecule has 1 aromatic carbocycles. The molecule has 1 rings (SSSR count). The molecule has 0 saturated heterocycles. The molecule has 0 bridgehead atoms. The van der Waals surface area contributed by atoms with Gasteiger partial charge in [-0.05, 0) is 12.0 Å². The van der Waals surface area contributed by atoms with E-state index in [2.05, 4.69) is 10.2 Å². The Morgan fingerprint density at radius 2 is 2.19 bits per heavy atom.